The molecule has 0 aliphatic heterocycles. The van der Waals surface area contributed by atoms with Gasteiger partial charge in [0.15, 0.2) is 0 Å². The van der Waals surface area contributed by atoms with Crippen molar-refractivity contribution in [1.29, 1.82) is 0 Å². The maximum absolute atomic E-state index is 6.24. The van der Waals surface area contributed by atoms with Crippen molar-refractivity contribution in [3.05, 3.63) is 562 Å². The first kappa shape index (κ1) is 88.2. The lowest BCUT2D eigenvalue weighted by Crippen LogP contribution is -2.15. The van der Waals surface area contributed by atoms with Gasteiger partial charge in [-0.25, -0.2) is 0 Å². The summed E-state index contributed by atoms with van der Waals surface area (Å²) in [7, 11) is 0. The van der Waals surface area contributed by atoms with Crippen LogP contribution in [0.4, 0.5) is 51.2 Å². The van der Waals surface area contributed by atoms with E-state index in [1.165, 1.54) is 203 Å². The number of para-hydroxylation sites is 1. The molecule has 29 rings (SSSR count). The van der Waals surface area contributed by atoms with E-state index in [0.717, 1.165) is 67.4 Å². The van der Waals surface area contributed by atoms with E-state index in [1.54, 1.807) is 0 Å². The van der Waals surface area contributed by atoms with Crippen LogP contribution in [0.5, 0.6) is 0 Å². The number of benzene rings is 26. The topological polar surface area (TPSA) is 22.9 Å². The van der Waals surface area contributed by atoms with E-state index in [4.69, 9.17) is 4.42 Å². The first-order chi connectivity index (χ1) is 72.9. The van der Waals surface area contributed by atoms with Crippen LogP contribution in [0.15, 0.2) is 544 Å². The quantitative estimate of drug-likeness (QED) is 0.101. The fourth-order valence-electron chi connectivity index (χ4n) is 24.0. The standard InChI is InChI=1S/C53H39N.C46H29NO.C45H33N/c1-53(2)51-20-12-11-19-48(51)50-35-44(30-32-52(50)53)54(42-26-21-38(22-27-42)36-13-5-3-6-14-36)43-28-23-39(24-29-43)49-34-41-33-40(37-15-7-4-8-16-37)25-31-45(41)46-17-9-10-18-47(46)49;1-3-13-35-31(11-1)27-42(39-17-6-5-15-37(35)39)30-21-23-33(24-22-30)47(34-25-26-46-43(29-34)41-19-9-10-20-45(41)48-46)44-28-32-12-2-4-14-36(32)38-16-7-8-18-40(38)44;1-45(2)42-20-10-9-19-39(42)41-29-34(26-27-43(41)45)46(44-21-11-14-30-12-3-6-16-36(30)44)33-24-22-31(23-25-33)40-28-32-13-4-5-15-35(32)37-17-7-8-18-38(37)40/h3-35H,1-2H3;1-29H;3-29H,1-2H3. The number of rotatable bonds is 14. The highest BCUT2D eigenvalue weighted by Crippen LogP contribution is 2.55. The maximum atomic E-state index is 6.24. The summed E-state index contributed by atoms with van der Waals surface area (Å²) < 4.78 is 6.24. The highest BCUT2D eigenvalue weighted by molar-refractivity contribution is 6.19. The van der Waals surface area contributed by atoms with Crippen molar-refractivity contribution in [3.63, 3.8) is 0 Å². The van der Waals surface area contributed by atoms with Gasteiger partial charge in [0.1, 0.15) is 11.2 Å². The van der Waals surface area contributed by atoms with Crippen molar-refractivity contribution in [2.45, 2.75) is 38.5 Å². The SMILES string of the molecule is CC1(C)c2ccccc2-c2cc(N(c3ccc(-c4cc5ccccc5c5ccccc45)cc3)c3cccc4ccccc34)ccc21.CC1(C)c2ccccc2-c2cc(N(c3ccc(-c4ccccc4)cc3)c3ccc(-c4cc5cc(-c6ccccc6)ccc5c5ccccc45)cc3)ccc21.c1ccc2c(c1)cc(-c1ccc(N(c3ccc4oc5ccccc5c4c3)c3cc4ccccc4c4ccccc34)cc1)c1ccccc12. The second-order valence-electron chi connectivity index (χ2n) is 40.5. The van der Waals surface area contributed by atoms with Crippen molar-refractivity contribution in [3.8, 4) is 77.9 Å². The Balaban J connectivity index is 0.000000110. The molecule has 4 heteroatoms. The second kappa shape index (κ2) is 36.3. The third-order valence-electron chi connectivity index (χ3n) is 31.3. The number of hydrogen-bond acceptors (Lipinski definition) is 4. The first-order valence-corrected chi connectivity index (χ1v) is 51.4. The molecule has 0 saturated carbocycles. The normalized spacial score (nSPS) is 12.6. The minimum Gasteiger partial charge on any atom is -0.456 e. The van der Waals surface area contributed by atoms with E-state index in [9.17, 15) is 0 Å². The summed E-state index contributed by atoms with van der Waals surface area (Å²) in [6.45, 7) is 9.37. The van der Waals surface area contributed by atoms with Gasteiger partial charge < -0.3 is 19.1 Å². The van der Waals surface area contributed by atoms with Crippen molar-refractivity contribution < 1.29 is 4.42 Å². The van der Waals surface area contributed by atoms with E-state index >= 15 is 0 Å². The minimum absolute atomic E-state index is 0.0288. The largest absolute Gasteiger partial charge is 0.456 e. The van der Waals surface area contributed by atoms with Gasteiger partial charge in [-0.2, -0.15) is 0 Å². The molecule has 1 heterocycles. The van der Waals surface area contributed by atoms with Crippen LogP contribution < -0.4 is 14.7 Å². The van der Waals surface area contributed by atoms with Crippen LogP contribution in [-0.4, -0.2) is 0 Å². The molecule has 2 aliphatic rings. The Bertz CT molecular complexity index is 9910. The number of fused-ring (bicyclic) bond motifs is 22. The maximum Gasteiger partial charge on any atom is 0.135 e. The fourth-order valence-corrected chi connectivity index (χ4v) is 24.0. The molecule has 0 saturated heterocycles. The van der Waals surface area contributed by atoms with Crippen LogP contribution in [0.25, 0.3) is 197 Å². The van der Waals surface area contributed by atoms with Gasteiger partial charge in [-0.05, 0) is 320 Å². The Hall–Kier alpha value is -18.7. The molecule has 2 aliphatic carbocycles. The molecule has 1 aromatic heterocycles. The van der Waals surface area contributed by atoms with Crippen LogP contribution in [0.3, 0.4) is 0 Å². The predicted molar refractivity (Wildman–Crippen MR) is 631 cm³/mol. The summed E-state index contributed by atoms with van der Waals surface area (Å²) in [6, 6.07) is 197. The zero-order valence-corrected chi connectivity index (χ0v) is 82.6. The molecular weight excluding hydrogens is 1790 g/mol. The average molecular weight is 1890 g/mol. The molecule has 0 unspecified atom stereocenters. The van der Waals surface area contributed by atoms with Gasteiger partial charge in [-0.1, -0.05) is 434 Å². The monoisotopic (exact) mass is 1890 g/mol. The molecule has 27 aromatic rings. The van der Waals surface area contributed by atoms with Gasteiger partial charge in [0.25, 0.3) is 0 Å². The molecule has 0 atom stereocenters. The lowest BCUT2D eigenvalue weighted by atomic mass is 9.82. The molecule has 148 heavy (non-hydrogen) atoms. The van der Waals surface area contributed by atoms with Crippen molar-refractivity contribution in [1.82, 2.24) is 0 Å². The summed E-state index contributed by atoms with van der Waals surface area (Å²) in [5, 5.41) is 24.9. The summed E-state index contributed by atoms with van der Waals surface area (Å²) in [4.78, 5) is 7.23. The van der Waals surface area contributed by atoms with Crippen molar-refractivity contribution >= 4 is 170 Å². The molecule has 0 bridgehead atoms. The summed E-state index contributed by atoms with van der Waals surface area (Å²) in [6.07, 6.45) is 0. The van der Waals surface area contributed by atoms with Crippen molar-refractivity contribution in [2.24, 2.45) is 0 Å². The molecule has 0 amide bonds. The first-order valence-electron chi connectivity index (χ1n) is 51.4. The highest BCUT2D eigenvalue weighted by Gasteiger charge is 2.38. The number of furan rings is 1. The van der Waals surface area contributed by atoms with E-state index in [1.807, 2.05) is 12.1 Å². The van der Waals surface area contributed by atoms with Gasteiger partial charge in [-0.15, -0.1) is 0 Å². The Morgan fingerprint density at radius 3 is 0.953 bits per heavy atom. The zero-order valence-electron chi connectivity index (χ0n) is 82.6. The Labute approximate surface area is 861 Å². The van der Waals surface area contributed by atoms with E-state index < -0.39 is 0 Å². The van der Waals surface area contributed by atoms with Crippen LogP contribution >= 0.6 is 0 Å². The molecule has 0 fully saturated rings. The van der Waals surface area contributed by atoms with Crippen LogP contribution in [0.1, 0.15) is 49.9 Å². The molecule has 26 aromatic carbocycles. The Morgan fingerprint density at radius 2 is 0.453 bits per heavy atom. The molecule has 0 N–H and O–H groups in total. The van der Waals surface area contributed by atoms with Crippen LogP contribution in [0.2, 0.25) is 0 Å². The second-order valence-corrected chi connectivity index (χ2v) is 40.5. The van der Waals surface area contributed by atoms with Gasteiger partial charge in [-0.3, -0.25) is 0 Å². The summed E-state index contributed by atoms with van der Waals surface area (Å²) >= 11 is 0. The zero-order chi connectivity index (χ0) is 98.7. The number of hydrogen-bond donors (Lipinski definition) is 0. The van der Waals surface area contributed by atoms with Gasteiger partial charge in [0.2, 0.25) is 0 Å². The minimum atomic E-state index is -0.0429. The van der Waals surface area contributed by atoms with Crippen LogP contribution in [0, 0.1) is 0 Å². The smallest absolute Gasteiger partial charge is 0.135 e. The van der Waals surface area contributed by atoms with E-state index in [2.05, 4.69) is 570 Å². The molecule has 4 nitrogen and oxygen atoms in total. The third kappa shape index (κ3) is 15.3. The predicted octanol–water partition coefficient (Wildman–Crippen LogP) is 40.7. The fraction of sp³-hybridized carbons (Fsp3) is 0.0417. The van der Waals surface area contributed by atoms with E-state index in [-0.39, 0.29) is 10.8 Å². The lowest BCUT2D eigenvalue weighted by Gasteiger charge is -2.28. The lowest BCUT2D eigenvalue weighted by molar-refractivity contribution is 0.660. The van der Waals surface area contributed by atoms with Gasteiger partial charge in [0, 0.05) is 72.2 Å². The van der Waals surface area contributed by atoms with Gasteiger partial charge in [0.05, 0.1) is 11.4 Å². The number of anilines is 9. The molecule has 698 valence electrons. The van der Waals surface area contributed by atoms with Gasteiger partial charge >= 0.3 is 0 Å². The Kier molecular flexibility index (Phi) is 21.6. The molecule has 0 spiro atoms. The third-order valence-corrected chi connectivity index (χ3v) is 31.3. The highest BCUT2D eigenvalue weighted by atomic mass is 16.3. The van der Waals surface area contributed by atoms with E-state index in [0.29, 0.717) is 0 Å². The summed E-state index contributed by atoms with van der Waals surface area (Å²) in [5.74, 6) is 0. The molecular formula is C144H101N3O. The average Bonchev–Trinajstić information content (AvgIpc) is 1.55. The summed E-state index contributed by atoms with van der Waals surface area (Å²) in [5.41, 5.74) is 35.0. The Morgan fingerprint density at radius 1 is 0.142 bits per heavy atom. The number of nitrogens with zero attached hydrogens (tertiary/aromatic N) is 3. The van der Waals surface area contributed by atoms with Crippen LogP contribution in [-0.2, 0) is 10.8 Å². The van der Waals surface area contributed by atoms with Crippen molar-refractivity contribution in [2.75, 3.05) is 14.7 Å². The molecule has 0 radical (unpaired) electrons.